The number of aromatic nitrogens is 1. The van der Waals surface area contributed by atoms with Gasteiger partial charge >= 0.3 is 0 Å². The minimum Gasteiger partial charge on any atom is -0.381 e. The Morgan fingerprint density at radius 2 is 1.44 bits per heavy atom. The smallest absolute Gasteiger partial charge is 0.261 e. The van der Waals surface area contributed by atoms with Gasteiger partial charge in [0, 0.05) is 30.3 Å². The van der Waals surface area contributed by atoms with Gasteiger partial charge in [0.1, 0.15) is 5.82 Å². The maximum Gasteiger partial charge on any atom is 0.261 e. The van der Waals surface area contributed by atoms with Crippen LogP contribution in [-0.2, 0) is 16.6 Å². The molecule has 0 atom stereocenters. The molecule has 1 heterocycles. The van der Waals surface area contributed by atoms with Crippen LogP contribution in [0.4, 0.5) is 15.8 Å². The number of halogens is 1. The third kappa shape index (κ3) is 4.54. The minimum absolute atomic E-state index is 0.00814. The van der Waals surface area contributed by atoms with E-state index in [0.717, 1.165) is 23.4 Å². The molecular weight excluding hydrogens is 341 g/mol. The Labute approximate surface area is 145 Å². The summed E-state index contributed by atoms with van der Waals surface area (Å²) in [5.74, 6) is -0.483. The van der Waals surface area contributed by atoms with Gasteiger partial charge < -0.3 is 5.32 Å². The molecule has 25 heavy (non-hydrogen) atoms. The molecule has 5 nitrogen and oxygen atoms in total. The van der Waals surface area contributed by atoms with Crippen molar-refractivity contribution in [2.45, 2.75) is 11.4 Å². The van der Waals surface area contributed by atoms with Crippen LogP contribution in [0.5, 0.6) is 0 Å². The molecule has 0 aliphatic rings. The first kappa shape index (κ1) is 16.9. The number of nitrogens with one attached hydrogen (secondary N) is 2. The molecule has 128 valence electrons. The van der Waals surface area contributed by atoms with Gasteiger partial charge in [0.2, 0.25) is 0 Å². The van der Waals surface area contributed by atoms with Crippen LogP contribution in [0, 0.1) is 5.82 Å². The van der Waals surface area contributed by atoms with E-state index in [-0.39, 0.29) is 4.90 Å². The van der Waals surface area contributed by atoms with E-state index in [1.165, 1.54) is 12.1 Å². The zero-order chi connectivity index (χ0) is 17.7. The minimum atomic E-state index is -3.74. The summed E-state index contributed by atoms with van der Waals surface area (Å²) in [6.07, 6.45) is 3.45. The standard InChI is InChI=1S/C18H16FN3O2S/c19-15-1-7-18(8-2-15)25(23,24)22-17-5-3-16(4-6-17)21-13-14-9-11-20-12-10-14/h1-12,21-22H,13H2. The number of rotatable bonds is 6. The number of sulfonamides is 1. The van der Waals surface area contributed by atoms with E-state index in [1.54, 1.807) is 36.7 Å². The predicted octanol–water partition coefficient (Wildman–Crippen LogP) is 3.63. The number of anilines is 2. The van der Waals surface area contributed by atoms with Crippen molar-refractivity contribution in [3.8, 4) is 0 Å². The molecule has 0 amide bonds. The van der Waals surface area contributed by atoms with E-state index in [9.17, 15) is 12.8 Å². The number of benzene rings is 2. The fraction of sp³-hybridized carbons (Fsp3) is 0.0556. The van der Waals surface area contributed by atoms with Gasteiger partial charge in [0.05, 0.1) is 4.90 Å². The topological polar surface area (TPSA) is 71.1 Å². The molecule has 1 aromatic heterocycles. The fourth-order valence-corrected chi connectivity index (χ4v) is 3.25. The van der Waals surface area contributed by atoms with Crippen LogP contribution in [-0.4, -0.2) is 13.4 Å². The highest BCUT2D eigenvalue weighted by Gasteiger charge is 2.13. The van der Waals surface area contributed by atoms with Gasteiger partial charge in [0.15, 0.2) is 0 Å². The fourth-order valence-electron chi connectivity index (χ4n) is 2.19. The SMILES string of the molecule is O=S(=O)(Nc1ccc(NCc2ccncc2)cc1)c1ccc(F)cc1. The van der Waals surface area contributed by atoms with Crippen LogP contribution in [0.3, 0.4) is 0 Å². The van der Waals surface area contributed by atoms with E-state index in [1.807, 2.05) is 12.1 Å². The lowest BCUT2D eigenvalue weighted by molar-refractivity contribution is 0.599. The Morgan fingerprint density at radius 3 is 2.08 bits per heavy atom. The third-order valence-electron chi connectivity index (χ3n) is 3.51. The molecule has 7 heteroatoms. The molecule has 0 spiro atoms. The van der Waals surface area contributed by atoms with Gasteiger partial charge in [-0.25, -0.2) is 12.8 Å². The molecule has 2 aromatic carbocycles. The van der Waals surface area contributed by atoms with E-state index in [0.29, 0.717) is 12.2 Å². The molecule has 0 radical (unpaired) electrons. The summed E-state index contributed by atoms with van der Waals surface area (Å²) in [4.78, 5) is 3.97. The Balaban J connectivity index is 1.65. The summed E-state index contributed by atoms with van der Waals surface area (Å²) < 4.78 is 39.9. The second-order valence-electron chi connectivity index (χ2n) is 5.35. The van der Waals surface area contributed by atoms with Crippen molar-refractivity contribution in [1.29, 1.82) is 0 Å². The average Bonchev–Trinajstić information content (AvgIpc) is 2.62. The van der Waals surface area contributed by atoms with Gasteiger partial charge in [-0.2, -0.15) is 0 Å². The summed E-state index contributed by atoms with van der Waals surface area (Å²) in [5, 5.41) is 3.24. The zero-order valence-electron chi connectivity index (χ0n) is 13.2. The van der Waals surface area contributed by atoms with Crippen molar-refractivity contribution in [2.24, 2.45) is 0 Å². The molecule has 0 aliphatic carbocycles. The molecule has 0 saturated carbocycles. The Bertz CT molecular complexity index is 928. The van der Waals surface area contributed by atoms with Crippen LogP contribution in [0.15, 0.2) is 78.0 Å². The van der Waals surface area contributed by atoms with Gasteiger partial charge in [-0.3, -0.25) is 9.71 Å². The van der Waals surface area contributed by atoms with Crippen LogP contribution in [0.1, 0.15) is 5.56 Å². The summed E-state index contributed by atoms with van der Waals surface area (Å²) in [6, 6.07) is 15.4. The normalized spacial score (nSPS) is 11.1. The van der Waals surface area contributed by atoms with Crippen molar-refractivity contribution in [2.75, 3.05) is 10.0 Å². The number of hydrogen-bond donors (Lipinski definition) is 2. The van der Waals surface area contributed by atoms with Gasteiger partial charge in [-0.05, 0) is 66.2 Å². The summed E-state index contributed by atoms with van der Waals surface area (Å²) in [6.45, 7) is 0.642. The number of nitrogens with zero attached hydrogens (tertiary/aromatic N) is 1. The molecule has 3 rings (SSSR count). The van der Waals surface area contributed by atoms with Crippen molar-refractivity contribution < 1.29 is 12.8 Å². The zero-order valence-corrected chi connectivity index (χ0v) is 14.0. The van der Waals surface area contributed by atoms with Crippen LogP contribution < -0.4 is 10.0 Å². The highest BCUT2D eigenvalue weighted by Crippen LogP contribution is 2.19. The predicted molar refractivity (Wildman–Crippen MR) is 95.2 cm³/mol. The molecule has 0 aliphatic heterocycles. The molecule has 0 bridgehead atoms. The van der Waals surface area contributed by atoms with Crippen molar-refractivity contribution in [3.63, 3.8) is 0 Å². The Morgan fingerprint density at radius 1 is 0.840 bits per heavy atom. The van der Waals surface area contributed by atoms with E-state index in [2.05, 4.69) is 15.0 Å². The molecular formula is C18H16FN3O2S. The average molecular weight is 357 g/mol. The summed E-state index contributed by atoms with van der Waals surface area (Å²) >= 11 is 0. The van der Waals surface area contributed by atoms with Crippen molar-refractivity contribution >= 4 is 21.4 Å². The monoisotopic (exact) mass is 357 g/mol. The van der Waals surface area contributed by atoms with E-state index in [4.69, 9.17) is 0 Å². The summed E-state index contributed by atoms with van der Waals surface area (Å²) in [7, 11) is -3.74. The molecule has 0 unspecified atom stereocenters. The van der Waals surface area contributed by atoms with Crippen molar-refractivity contribution in [1.82, 2.24) is 4.98 Å². The molecule has 0 fully saturated rings. The summed E-state index contributed by atoms with van der Waals surface area (Å²) in [5.41, 5.74) is 2.39. The van der Waals surface area contributed by atoms with Crippen molar-refractivity contribution in [3.05, 3.63) is 84.4 Å². The maximum atomic E-state index is 12.9. The maximum absolute atomic E-state index is 12.9. The number of pyridine rings is 1. The first-order valence-corrected chi connectivity index (χ1v) is 9.02. The van der Waals surface area contributed by atoms with Gasteiger partial charge in [-0.15, -0.1) is 0 Å². The second-order valence-corrected chi connectivity index (χ2v) is 7.03. The highest BCUT2D eigenvalue weighted by atomic mass is 32.2. The lowest BCUT2D eigenvalue weighted by atomic mass is 10.2. The van der Waals surface area contributed by atoms with Crippen LogP contribution in [0.2, 0.25) is 0 Å². The van der Waals surface area contributed by atoms with Crippen LogP contribution in [0.25, 0.3) is 0 Å². The van der Waals surface area contributed by atoms with Gasteiger partial charge in [-0.1, -0.05) is 0 Å². The quantitative estimate of drug-likeness (QED) is 0.707. The largest absolute Gasteiger partial charge is 0.381 e. The first-order chi connectivity index (χ1) is 12.0. The van der Waals surface area contributed by atoms with E-state index >= 15 is 0 Å². The molecule has 0 saturated heterocycles. The first-order valence-electron chi connectivity index (χ1n) is 7.54. The third-order valence-corrected chi connectivity index (χ3v) is 4.90. The lowest BCUT2D eigenvalue weighted by Gasteiger charge is -2.10. The Hall–Kier alpha value is -2.93. The van der Waals surface area contributed by atoms with Crippen LogP contribution >= 0.6 is 0 Å². The molecule has 2 N–H and O–H groups in total. The molecule has 3 aromatic rings. The highest BCUT2D eigenvalue weighted by molar-refractivity contribution is 7.92. The van der Waals surface area contributed by atoms with E-state index < -0.39 is 15.8 Å². The van der Waals surface area contributed by atoms with Gasteiger partial charge in [0.25, 0.3) is 10.0 Å². The lowest BCUT2D eigenvalue weighted by Crippen LogP contribution is -2.12. The second kappa shape index (κ2) is 7.31. The number of hydrogen-bond acceptors (Lipinski definition) is 4. The Kier molecular flexibility index (Phi) is 4.95.